The SMILES string of the molecule is Clc1cc(Cl)c2nc(CNc3ccccc3)cn2c1. The van der Waals surface area contributed by atoms with Gasteiger partial charge in [-0.1, -0.05) is 41.4 Å². The first-order valence-corrected chi connectivity index (χ1v) is 6.59. The van der Waals surface area contributed by atoms with Crippen LogP contribution in [0.2, 0.25) is 10.0 Å². The number of halogens is 2. The van der Waals surface area contributed by atoms with E-state index in [0.29, 0.717) is 16.6 Å². The van der Waals surface area contributed by atoms with Crippen LogP contribution in [-0.2, 0) is 6.54 Å². The summed E-state index contributed by atoms with van der Waals surface area (Å²) in [7, 11) is 0. The number of nitrogens with one attached hydrogen (secondary N) is 1. The van der Waals surface area contributed by atoms with Gasteiger partial charge < -0.3 is 9.72 Å². The quantitative estimate of drug-likeness (QED) is 0.781. The van der Waals surface area contributed by atoms with Gasteiger partial charge in [-0.05, 0) is 18.2 Å². The molecule has 2 aromatic heterocycles. The van der Waals surface area contributed by atoms with Crippen LogP contribution in [0.1, 0.15) is 5.69 Å². The van der Waals surface area contributed by atoms with E-state index in [1.807, 2.05) is 40.9 Å². The molecular weight excluding hydrogens is 281 g/mol. The van der Waals surface area contributed by atoms with Crippen molar-refractivity contribution in [3.8, 4) is 0 Å². The van der Waals surface area contributed by atoms with Crippen LogP contribution in [0, 0.1) is 0 Å². The molecule has 96 valence electrons. The first-order chi connectivity index (χ1) is 9.22. The van der Waals surface area contributed by atoms with Crippen LogP contribution in [0.25, 0.3) is 5.65 Å². The van der Waals surface area contributed by atoms with Crippen molar-refractivity contribution in [2.45, 2.75) is 6.54 Å². The maximum atomic E-state index is 6.10. The molecule has 0 saturated carbocycles. The molecular formula is C14H11Cl2N3. The topological polar surface area (TPSA) is 29.3 Å². The van der Waals surface area contributed by atoms with Crippen molar-refractivity contribution in [2.24, 2.45) is 0 Å². The Morgan fingerprint density at radius 1 is 1.11 bits per heavy atom. The minimum atomic E-state index is 0.554. The van der Waals surface area contributed by atoms with E-state index >= 15 is 0 Å². The van der Waals surface area contributed by atoms with Crippen LogP contribution in [0.4, 0.5) is 5.69 Å². The zero-order valence-corrected chi connectivity index (χ0v) is 11.5. The molecule has 0 aliphatic heterocycles. The van der Waals surface area contributed by atoms with Gasteiger partial charge in [0, 0.05) is 18.1 Å². The Hall–Kier alpha value is -1.71. The van der Waals surface area contributed by atoms with Gasteiger partial charge in [-0.3, -0.25) is 0 Å². The molecule has 0 bridgehead atoms. The van der Waals surface area contributed by atoms with Gasteiger partial charge in [0.25, 0.3) is 0 Å². The molecule has 5 heteroatoms. The number of benzene rings is 1. The summed E-state index contributed by atoms with van der Waals surface area (Å²) in [5.74, 6) is 0. The highest BCUT2D eigenvalue weighted by Crippen LogP contribution is 2.22. The summed E-state index contributed by atoms with van der Waals surface area (Å²) in [6.07, 6.45) is 3.71. The summed E-state index contributed by atoms with van der Waals surface area (Å²) in [5.41, 5.74) is 2.69. The van der Waals surface area contributed by atoms with Crippen LogP contribution < -0.4 is 5.32 Å². The predicted octanol–water partition coefficient (Wildman–Crippen LogP) is 4.25. The van der Waals surface area contributed by atoms with Crippen molar-refractivity contribution in [3.63, 3.8) is 0 Å². The number of rotatable bonds is 3. The number of nitrogens with zero attached hydrogens (tertiary/aromatic N) is 2. The standard InChI is InChI=1S/C14H11Cl2N3/c15-10-6-13(16)14-18-12(9-19(14)8-10)7-17-11-4-2-1-3-5-11/h1-6,8-9,17H,7H2. The third kappa shape index (κ3) is 2.67. The Bertz CT molecular complexity index is 707. The van der Waals surface area contributed by atoms with E-state index < -0.39 is 0 Å². The van der Waals surface area contributed by atoms with Gasteiger partial charge in [0.05, 0.1) is 22.3 Å². The Kier molecular flexibility index (Phi) is 3.32. The molecule has 0 atom stereocenters. The number of fused-ring (bicyclic) bond motifs is 1. The average Bonchev–Trinajstić information content (AvgIpc) is 2.81. The molecule has 0 spiro atoms. The molecule has 0 amide bonds. The summed E-state index contributed by atoms with van der Waals surface area (Å²) in [6.45, 7) is 0.639. The van der Waals surface area contributed by atoms with E-state index in [2.05, 4.69) is 10.3 Å². The molecule has 0 unspecified atom stereocenters. The molecule has 3 aromatic rings. The van der Waals surface area contributed by atoms with Crippen molar-refractivity contribution >= 4 is 34.5 Å². The Balaban J connectivity index is 1.84. The number of anilines is 1. The smallest absolute Gasteiger partial charge is 0.156 e. The molecule has 2 heterocycles. The lowest BCUT2D eigenvalue weighted by atomic mass is 10.3. The van der Waals surface area contributed by atoms with E-state index in [1.165, 1.54) is 0 Å². The zero-order chi connectivity index (χ0) is 13.2. The summed E-state index contributed by atoms with van der Waals surface area (Å²) in [4.78, 5) is 4.48. The van der Waals surface area contributed by atoms with Crippen molar-refractivity contribution in [1.82, 2.24) is 9.38 Å². The fourth-order valence-corrected chi connectivity index (χ4v) is 2.44. The highest BCUT2D eigenvalue weighted by molar-refractivity contribution is 6.36. The molecule has 3 rings (SSSR count). The first-order valence-electron chi connectivity index (χ1n) is 5.84. The molecule has 0 radical (unpaired) electrons. The number of hydrogen-bond acceptors (Lipinski definition) is 2. The summed E-state index contributed by atoms with van der Waals surface area (Å²) >= 11 is 12.1. The van der Waals surface area contributed by atoms with Crippen molar-refractivity contribution < 1.29 is 0 Å². The van der Waals surface area contributed by atoms with Gasteiger partial charge in [-0.2, -0.15) is 0 Å². The van der Waals surface area contributed by atoms with Crippen LogP contribution in [0.5, 0.6) is 0 Å². The van der Waals surface area contributed by atoms with Gasteiger partial charge in [0.15, 0.2) is 5.65 Å². The van der Waals surface area contributed by atoms with E-state index in [9.17, 15) is 0 Å². The highest BCUT2D eigenvalue weighted by Gasteiger charge is 2.06. The lowest BCUT2D eigenvalue weighted by molar-refractivity contribution is 1.08. The molecule has 0 aliphatic carbocycles. The second kappa shape index (κ2) is 5.11. The number of imidazole rings is 1. The fraction of sp³-hybridized carbons (Fsp3) is 0.0714. The van der Waals surface area contributed by atoms with Gasteiger partial charge in [0.2, 0.25) is 0 Å². The molecule has 0 saturated heterocycles. The number of hydrogen-bond donors (Lipinski definition) is 1. The maximum Gasteiger partial charge on any atom is 0.156 e. The monoisotopic (exact) mass is 291 g/mol. The third-order valence-corrected chi connectivity index (χ3v) is 3.26. The number of pyridine rings is 1. The van der Waals surface area contributed by atoms with Crippen molar-refractivity contribution in [1.29, 1.82) is 0 Å². The van der Waals surface area contributed by atoms with Gasteiger partial charge in [-0.25, -0.2) is 4.98 Å². The molecule has 19 heavy (non-hydrogen) atoms. The number of para-hydroxylation sites is 1. The number of aromatic nitrogens is 2. The maximum absolute atomic E-state index is 6.10. The van der Waals surface area contributed by atoms with Gasteiger partial charge in [0.1, 0.15) is 0 Å². The minimum absolute atomic E-state index is 0.554. The summed E-state index contributed by atoms with van der Waals surface area (Å²) in [6, 6.07) is 11.7. The van der Waals surface area contributed by atoms with Crippen molar-refractivity contribution in [3.05, 3.63) is 64.5 Å². The first kappa shape index (κ1) is 12.3. The Morgan fingerprint density at radius 3 is 2.68 bits per heavy atom. The molecule has 0 aliphatic rings. The van der Waals surface area contributed by atoms with Gasteiger partial charge >= 0.3 is 0 Å². The van der Waals surface area contributed by atoms with Crippen molar-refractivity contribution in [2.75, 3.05) is 5.32 Å². The second-order valence-electron chi connectivity index (χ2n) is 4.19. The van der Waals surface area contributed by atoms with E-state index in [-0.39, 0.29) is 0 Å². The second-order valence-corrected chi connectivity index (χ2v) is 5.03. The third-order valence-electron chi connectivity index (χ3n) is 2.77. The molecule has 1 N–H and O–H groups in total. The minimum Gasteiger partial charge on any atom is -0.379 e. The zero-order valence-electron chi connectivity index (χ0n) is 9.98. The Morgan fingerprint density at radius 2 is 1.89 bits per heavy atom. The van der Waals surface area contributed by atoms with Gasteiger partial charge in [-0.15, -0.1) is 0 Å². The molecule has 3 nitrogen and oxygen atoms in total. The van der Waals surface area contributed by atoms with E-state index in [1.54, 1.807) is 12.3 Å². The summed E-state index contributed by atoms with van der Waals surface area (Å²) in [5, 5.41) is 4.45. The normalized spacial score (nSPS) is 10.8. The molecule has 1 aromatic carbocycles. The van der Waals surface area contributed by atoms with E-state index in [0.717, 1.165) is 17.0 Å². The van der Waals surface area contributed by atoms with Crippen LogP contribution >= 0.6 is 23.2 Å². The lowest BCUT2D eigenvalue weighted by Crippen LogP contribution is -1.98. The van der Waals surface area contributed by atoms with Crippen LogP contribution in [-0.4, -0.2) is 9.38 Å². The lowest BCUT2D eigenvalue weighted by Gasteiger charge is -2.02. The van der Waals surface area contributed by atoms with Crippen LogP contribution in [0.3, 0.4) is 0 Å². The van der Waals surface area contributed by atoms with Crippen LogP contribution in [0.15, 0.2) is 48.8 Å². The fourth-order valence-electron chi connectivity index (χ4n) is 1.91. The summed E-state index contributed by atoms with van der Waals surface area (Å²) < 4.78 is 1.84. The highest BCUT2D eigenvalue weighted by atomic mass is 35.5. The van der Waals surface area contributed by atoms with E-state index in [4.69, 9.17) is 23.2 Å². The predicted molar refractivity (Wildman–Crippen MR) is 79.0 cm³/mol. The largest absolute Gasteiger partial charge is 0.379 e. The molecule has 0 fully saturated rings. The average molecular weight is 292 g/mol. The Labute approximate surface area is 120 Å².